The Morgan fingerprint density at radius 1 is 1.33 bits per heavy atom. The van der Waals surface area contributed by atoms with Gasteiger partial charge in [0.05, 0.1) is 16.1 Å². The van der Waals surface area contributed by atoms with Gasteiger partial charge in [0.25, 0.3) is 0 Å². The van der Waals surface area contributed by atoms with E-state index in [-0.39, 0.29) is 24.9 Å². The molecule has 9 heteroatoms. The standard InChI is InChI=1S/C18H14ClF2N3O3/c1-10(17-22-13-4-2-3-5-14(13)24(17)18(20)21)23-27-8-11-6-12(19)16-15(7-11)25-9-26-16/h2-7,18H,8-9H2,1H3/b23-10-. The fourth-order valence-corrected chi connectivity index (χ4v) is 3.13. The van der Waals surface area contributed by atoms with E-state index < -0.39 is 6.55 Å². The van der Waals surface area contributed by atoms with Crippen molar-refractivity contribution < 1.29 is 23.1 Å². The van der Waals surface area contributed by atoms with Crippen LogP contribution in [-0.4, -0.2) is 22.1 Å². The van der Waals surface area contributed by atoms with Crippen LogP contribution in [0.1, 0.15) is 24.9 Å². The molecular weight excluding hydrogens is 380 g/mol. The largest absolute Gasteiger partial charge is 0.454 e. The number of alkyl halides is 2. The molecule has 27 heavy (non-hydrogen) atoms. The van der Waals surface area contributed by atoms with Crippen molar-refractivity contribution in [3.05, 3.63) is 52.8 Å². The average molecular weight is 394 g/mol. The second kappa shape index (κ2) is 7.03. The highest BCUT2D eigenvalue weighted by molar-refractivity contribution is 6.32. The molecule has 1 aliphatic rings. The van der Waals surface area contributed by atoms with Crippen LogP contribution in [0, 0.1) is 0 Å². The van der Waals surface area contributed by atoms with Crippen molar-refractivity contribution in [2.75, 3.05) is 6.79 Å². The van der Waals surface area contributed by atoms with Crippen LogP contribution in [0.3, 0.4) is 0 Å². The van der Waals surface area contributed by atoms with Crippen LogP contribution in [0.4, 0.5) is 8.78 Å². The van der Waals surface area contributed by atoms with Crippen molar-refractivity contribution in [2.24, 2.45) is 5.16 Å². The van der Waals surface area contributed by atoms with E-state index >= 15 is 0 Å². The molecule has 0 amide bonds. The Morgan fingerprint density at radius 3 is 2.96 bits per heavy atom. The highest BCUT2D eigenvalue weighted by Gasteiger charge is 2.20. The summed E-state index contributed by atoms with van der Waals surface area (Å²) in [5, 5.41) is 4.34. The zero-order valence-electron chi connectivity index (χ0n) is 14.2. The molecule has 2 heterocycles. The van der Waals surface area contributed by atoms with E-state index in [0.29, 0.717) is 33.1 Å². The predicted molar refractivity (Wildman–Crippen MR) is 95.6 cm³/mol. The van der Waals surface area contributed by atoms with Gasteiger partial charge in [0.2, 0.25) is 6.79 Å². The van der Waals surface area contributed by atoms with Crippen molar-refractivity contribution in [3.63, 3.8) is 0 Å². The summed E-state index contributed by atoms with van der Waals surface area (Å²) in [6.45, 7) is -0.985. The van der Waals surface area contributed by atoms with E-state index in [0.717, 1.165) is 4.57 Å². The SMILES string of the molecule is C/C(=N/OCc1cc(Cl)c2c(c1)OCO2)c1nc2ccccc2n1C(F)F. The summed E-state index contributed by atoms with van der Waals surface area (Å²) >= 11 is 6.12. The molecule has 0 radical (unpaired) electrons. The van der Waals surface area contributed by atoms with Crippen LogP contribution in [0.15, 0.2) is 41.6 Å². The Labute approximate surface area is 157 Å². The Balaban J connectivity index is 1.56. The lowest BCUT2D eigenvalue weighted by molar-refractivity contribution is 0.0736. The first kappa shape index (κ1) is 17.5. The number of imidazole rings is 1. The second-order valence-corrected chi connectivity index (χ2v) is 6.24. The smallest absolute Gasteiger partial charge is 0.320 e. The van der Waals surface area contributed by atoms with Crippen molar-refractivity contribution >= 4 is 28.3 Å². The van der Waals surface area contributed by atoms with Gasteiger partial charge in [-0.05, 0) is 36.8 Å². The van der Waals surface area contributed by atoms with E-state index in [1.165, 1.54) is 0 Å². The number of para-hydroxylation sites is 2. The van der Waals surface area contributed by atoms with Gasteiger partial charge in [-0.25, -0.2) is 4.98 Å². The van der Waals surface area contributed by atoms with Gasteiger partial charge < -0.3 is 14.3 Å². The molecule has 1 aromatic heterocycles. The molecule has 0 aliphatic carbocycles. The van der Waals surface area contributed by atoms with E-state index in [2.05, 4.69) is 10.1 Å². The number of hydrogen-bond acceptors (Lipinski definition) is 5. The Bertz CT molecular complexity index is 1040. The Morgan fingerprint density at radius 2 is 2.15 bits per heavy atom. The quantitative estimate of drug-likeness (QED) is 0.463. The number of oxime groups is 1. The minimum atomic E-state index is -2.75. The zero-order valence-corrected chi connectivity index (χ0v) is 14.9. The van der Waals surface area contributed by atoms with Crippen LogP contribution in [0.2, 0.25) is 5.02 Å². The number of hydrogen-bond donors (Lipinski definition) is 0. The summed E-state index contributed by atoms with van der Waals surface area (Å²) in [5.41, 5.74) is 1.74. The Kier molecular flexibility index (Phi) is 4.57. The van der Waals surface area contributed by atoms with Gasteiger partial charge in [-0.3, -0.25) is 4.57 Å². The Hall–Kier alpha value is -2.87. The maximum Gasteiger partial charge on any atom is 0.320 e. The van der Waals surface area contributed by atoms with E-state index in [1.807, 2.05) is 0 Å². The van der Waals surface area contributed by atoms with Gasteiger partial charge in [0.15, 0.2) is 17.3 Å². The summed E-state index contributed by atoms with van der Waals surface area (Å²) in [5.74, 6) is 1.07. The number of nitrogens with zero attached hydrogens (tertiary/aromatic N) is 3. The average Bonchev–Trinajstić information content (AvgIpc) is 3.26. The van der Waals surface area contributed by atoms with Crippen molar-refractivity contribution in [3.8, 4) is 11.5 Å². The van der Waals surface area contributed by atoms with E-state index in [4.69, 9.17) is 25.9 Å². The maximum absolute atomic E-state index is 13.5. The van der Waals surface area contributed by atoms with Gasteiger partial charge in [-0.15, -0.1) is 0 Å². The molecule has 0 saturated heterocycles. The first-order valence-electron chi connectivity index (χ1n) is 8.04. The van der Waals surface area contributed by atoms with Gasteiger partial charge in [0.1, 0.15) is 12.3 Å². The van der Waals surface area contributed by atoms with Crippen LogP contribution in [-0.2, 0) is 11.4 Å². The fraction of sp³-hybridized carbons (Fsp3) is 0.222. The molecule has 0 fully saturated rings. The number of benzene rings is 2. The zero-order chi connectivity index (χ0) is 19.0. The minimum Gasteiger partial charge on any atom is -0.454 e. The number of fused-ring (bicyclic) bond motifs is 2. The van der Waals surface area contributed by atoms with Crippen LogP contribution in [0.5, 0.6) is 11.5 Å². The predicted octanol–water partition coefficient (Wildman–Crippen LogP) is 4.75. The third-order valence-electron chi connectivity index (χ3n) is 4.03. The van der Waals surface area contributed by atoms with Crippen molar-refractivity contribution in [2.45, 2.75) is 20.1 Å². The molecule has 140 valence electrons. The topological polar surface area (TPSA) is 57.9 Å². The molecule has 1 aliphatic heterocycles. The second-order valence-electron chi connectivity index (χ2n) is 5.83. The maximum atomic E-state index is 13.5. The molecule has 0 bridgehead atoms. The van der Waals surface area contributed by atoms with Gasteiger partial charge in [0, 0.05) is 0 Å². The summed E-state index contributed by atoms with van der Waals surface area (Å²) in [6, 6.07) is 10.1. The lowest BCUT2D eigenvalue weighted by Gasteiger charge is -2.08. The van der Waals surface area contributed by atoms with Gasteiger partial charge >= 0.3 is 6.55 Å². The first-order chi connectivity index (χ1) is 13.0. The molecule has 6 nitrogen and oxygen atoms in total. The molecular formula is C18H14ClF2N3O3. The number of halogens is 3. The third-order valence-corrected chi connectivity index (χ3v) is 4.32. The normalized spacial score (nSPS) is 13.6. The van der Waals surface area contributed by atoms with Crippen molar-refractivity contribution in [1.82, 2.24) is 9.55 Å². The molecule has 0 atom stereocenters. The number of ether oxygens (including phenoxy) is 2. The summed E-state index contributed by atoms with van der Waals surface area (Å²) < 4.78 is 38.4. The third kappa shape index (κ3) is 3.28. The number of aromatic nitrogens is 2. The molecule has 3 aromatic rings. The molecule has 0 saturated carbocycles. The van der Waals surface area contributed by atoms with Crippen molar-refractivity contribution in [1.29, 1.82) is 0 Å². The van der Waals surface area contributed by atoms with E-state index in [9.17, 15) is 8.78 Å². The lowest BCUT2D eigenvalue weighted by Crippen LogP contribution is -2.10. The summed E-state index contributed by atoms with van der Waals surface area (Å²) in [6.07, 6.45) is 0. The van der Waals surface area contributed by atoms with Gasteiger partial charge in [-0.1, -0.05) is 28.9 Å². The first-order valence-corrected chi connectivity index (χ1v) is 8.42. The summed E-state index contributed by atoms with van der Waals surface area (Å²) in [4.78, 5) is 9.55. The van der Waals surface area contributed by atoms with Crippen LogP contribution >= 0.6 is 11.6 Å². The fourth-order valence-electron chi connectivity index (χ4n) is 2.85. The van der Waals surface area contributed by atoms with E-state index in [1.54, 1.807) is 43.3 Å². The molecule has 0 unspecified atom stereocenters. The summed E-state index contributed by atoms with van der Waals surface area (Å²) in [7, 11) is 0. The number of rotatable bonds is 5. The minimum absolute atomic E-state index is 0.0509. The highest BCUT2D eigenvalue weighted by atomic mass is 35.5. The molecule has 0 spiro atoms. The van der Waals surface area contributed by atoms with Crippen LogP contribution in [0.25, 0.3) is 11.0 Å². The molecule has 0 N–H and O–H groups in total. The molecule has 2 aromatic carbocycles. The van der Waals surface area contributed by atoms with Crippen LogP contribution < -0.4 is 9.47 Å². The lowest BCUT2D eigenvalue weighted by atomic mass is 10.2. The monoisotopic (exact) mass is 393 g/mol. The van der Waals surface area contributed by atoms with Gasteiger partial charge in [-0.2, -0.15) is 8.78 Å². The highest BCUT2D eigenvalue weighted by Crippen LogP contribution is 2.39. The molecule has 4 rings (SSSR count).